The van der Waals surface area contributed by atoms with E-state index in [1.165, 1.54) is 0 Å². The molecule has 4 nitrogen and oxygen atoms in total. The van der Waals surface area contributed by atoms with Crippen molar-refractivity contribution in [3.05, 3.63) is 18.3 Å². The summed E-state index contributed by atoms with van der Waals surface area (Å²) < 4.78 is 5.57. The molecule has 0 saturated carbocycles. The fourth-order valence-corrected chi connectivity index (χ4v) is 1.25. The summed E-state index contributed by atoms with van der Waals surface area (Å²) in [5.74, 6) is 1.55. The molecule has 1 N–H and O–H groups in total. The Morgan fingerprint density at radius 2 is 2.33 bits per heavy atom. The molecule has 1 rings (SSSR count). The third-order valence-electron chi connectivity index (χ3n) is 2.01. The van der Waals surface area contributed by atoms with E-state index < -0.39 is 0 Å². The summed E-state index contributed by atoms with van der Waals surface area (Å²) in [6.45, 7) is 3.42. The summed E-state index contributed by atoms with van der Waals surface area (Å²) in [5, 5.41) is 8.85. The Labute approximate surface area is 90.5 Å². The first-order valence-electron chi connectivity index (χ1n) is 5.19. The van der Waals surface area contributed by atoms with Crippen LogP contribution in [-0.2, 0) is 0 Å². The first kappa shape index (κ1) is 11.8. The van der Waals surface area contributed by atoms with Crippen LogP contribution in [0, 0.1) is 0 Å². The normalized spacial score (nSPS) is 10.1. The Bertz CT molecular complexity index is 292. The van der Waals surface area contributed by atoms with Gasteiger partial charge in [0.1, 0.15) is 0 Å². The molecule has 0 atom stereocenters. The summed E-state index contributed by atoms with van der Waals surface area (Å²) >= 11 is 0. The summed E-state index contributed by atoms with van der Waals surface area (Å²) in [4.78, 5) is 6.12. The molecule has 84 valence electrons. The van der Waals surface area contributed by atoms with Gasteiger partial charge in [-0.1, -0.05) is 6.92 Å². The lowest BCUT2D eigenvalue weighted by Crippen LogP contribution is -2.22. The second kappa shape index (κ2) is 6.24. The van der Waals surface area contributed by atoms with Crippen molar-refractivity contribution >= 4 is 5.82 Å². The maximum Gasteiger partial charge on any atom is 0.171 e. The Kier molecular flexibility index (Phi) is 4.90. The van der Waals surface area contributed by atoms with Gasteiger partial charge in [0.15, 0.2) is 11.6 Å². The standard InChI is InChI=1S/C11H18N2O2/c1-3-9-15-10-5-4-6-12-11(10)13(2)7-8-14/h4-6,14H,3,7-9H2,1-2H3. The number of nitrogens with zero attached hydrogens (tertiary/aromatic N) is 2. The van der Waals surface area contributed by atoms with Gasteiger partial charge in [-0.05, 0) is 18.6 Å². The zero-order valence-corrected chi connectivity index (χ0v) is 9.31. The van der Waals surface area contributed by atoms with E-state index in [1.807, 2.05) is 24.1 Å². The number of aliphatic hydroxyl groups excluding tert-OH is 1. The number of aromatic nitrogens is 1. The van der Waals surface area contributed by atoms with Gasteiger partial charge < -0.3 is 14.7 Å². The highest BCUT2D eigenvalue weighted by molar-refractivity contribution is 5.51. The molecule has 0 saturated heterocycles. The molecule has 0 radical (unpaired) electrons. The van der Waals surface area contributed by atoms with Gasteiger partial charge in [-0.15, -0.1) is 0 Å². The Balaban J connectivity index is 2.75. The highest BCUT2D eigenvalue weighted by Gasteiger charge is 2.08. The minimum atomic E-state index is 0.111. The quantitative estimate of drug-likeness (QED) is 0.768. The molecule has 0 bridgehead atoms. The van der Waals surface area contributed by atoms with Crippen molar-refractivity contribution in [3.63, 3.8) is 0 Å². The second-order valence-corrected chi connectivity index (χ2v) is 3.32. The first-order chi connectivity index (χ1) is 7.29. The number of ether oxygens (including phenoxy) is 1. The van der Waals surface area contributed by atoms with Gasteiger partial charge >= 0.3 is 0 Å². The molecular weight excluding hydrogens is 192 g/mol. The lowest BCUT2D eigenvalue weighted by Gasteiger charge is -2.19. The Morgan fingerprint density at radius 3 is 3.00 bits per heavy atom. The average Bonchev–Trinajstić information content (AvgIpc) is 2.27. The van der Waals surface area contributed by atoms with E-state index in [-0.39, 0.29) is 6.61 Å². The zero-order valence-electron chi connectivity index (χ0n) is 9.31. The molecule has 0 unspecified atom stereocenters. The van der Waals surface area contributed by atoms with Gasteiger partial charge in [0.25, 0.3) is 0 Å². The lowest BCUT2D eigenvalue weighted by atomic mass is 10.4. The van der Waals surface area contributed by atoms with Gasteiger partial charge in [-0.2, -0.15) is 0 Å². The van der Waals surface area contributed by atoms with Crippen LogP contribution in [0.1, 0.15) is 13.3 Å². The van der Waals surface area contributed by atoms with Crippen LogP contribution >= 0.6 is 0 Å². The molecule has 0 amide bonds. The maximum atomic E-state index is 8.85. The van der Waals surface area contributed by atoms with Crippen LogP contribution in [-0.4, -0.2) is 36.9 Å². The number of pyridine rings is 1. The van der Waals surface area contributed by atoms with Gasteiger partial charge in [0, 0.05) is 19.8 Å². The van der Waals surface area contributed by atoms with Crippen molar-refractivity contribution in [3.8, 4) is 5.75 Å². The summed E-state index contributed by atoms with van der Waals surface area (Å²) in [7, 11) is 1.89. The van der Waals surface area contributed by atoms with Crippen molar-refractivity contribution in [2.75, 3.05) is 31.7 Å². The predicted molar refractivity (Wildman–Crippen MR) is 60.4 cm³/mol. The van der Waals surface area contributed by atoms with Crippen LogP contribution < -0.4 is 9.64 Å². The van der Waals surface area contributed by atoms with Crippen molar-refractivity contribution in [1.29, 1.82) is 0 Å². The largest absolute Gasteiger partial charge is 0.490 e. The topological polar surface area (TPSA) is 45.6 Å². The highest BCUT2D eigenvalue weighted by Crippen LogP contribution is 2.23. The minimum absolute atomic E-state index is 0.111. The third-order valence-corrected chi connectivity index (χ3v) is 2.01. The fraction of sp³-hybridized carbons (Fsp3) is 0.545. The van der Waals surface area contributed by atoms with E-state index in [0.29, 0.717) is 13.2 Å². The molecule has 1 aromatic rings. The number of likely N-dealkylation sites (N-methyl/N-ethyl adjacent to an activating group) is 1. The molecule has 0 aromatic carbocycles. The number of hydrogen-bond acceptors (Lipinski definition) is 4. The van der Waals surface area contributed by atoms with E-state index >= 15 is 0 Å². The van der Waals surface area contributed by atoms with E-state index in [4.69, 9.17) is 9.84 Å². The number of rotatable bonds is 6. The summed E-state index contributed by atoms with van der Waals surface area (Å²) in [6, 6.07) is 3.74. The molecule has 0 spiro atoms. The molecule has 4 heteroatoms. The van der Waals surface area contributed by atoms with Crippen LogP contribution in [0.15, 0.2) is 18.3 Å². The Morgan fingerprint density at radius 1 is 1.53 bits per heavy atom. The molecule has 0 aliphatic heterocycles. The van der Waals surface area contributed by atoms with Crippen molar-refractivity contribution < 1.29 is 9.84 Å². The molecule has 15 heavy (non-hydrogen) atoms. The van der Waals surface area contributed by atoms with E-state index in [1.54, 1.807) is 6.20 Å². The van der Waals surface area contributed by atoms with E-state index in [0.717, 1.165) is 18.0 Å². The maximum absolute atomic E-state index is 8.85. The second-order valence-electron chi connectivity index (χ2n) is 3.32. The summed E-state index contributed by atoms with van der Waals surface area (Å²) in [6.07, 6.45) is 2.69. The molecule has 0 aliphatic rings. The Hall–Kier alpha value is -1.29. The smallest absolute Gasteiger partial charge is 0.171 e. The molecule has 1 heterocycles. The first-order valence-corrected chi connectivity index (χ1v) is 5.19. The molecule has 1 aromatic heterocycles. The van der Waals surface area contributed by atoms with Crippen LogP contribution in [0.3, 0.4) is 0 Å². The van der Waals surface area contributed by atoms with Crippen LogP contribution in [0.25, 0.3) is 0 Å². The van der Waals surface area contributed by atoms with E-state index in [2.05, 4.69) is 11.9 Å². The van der Waals surface area contributed by atoms with Crippen LogP contribution in [0.4, 0.5) is 5.82 Å². The zero-order chi connectivity index (χ0) is 11.1. The van der Waals surface area contributed by atoms with E-state index in [9.17, 15) is 0 Å². The number of anilines is 1. The third kappa shape index (κ3) is 3.40. The fourth-order valence-electron chi connectivity index (χ4n) is 1.25. The predicted octanol–water partition coefficient (Wildman–Crippen LogP) is 1.30. The van der Waals surface area contributed by atoms with Crippen LogP contribution in [0.2, 0.25) is 0 Å². The molecule has 0 fully saturated rings. The highest BCUT2D eigenvalue weighted by atomic mass is 16.5. The lowest BCUT2D eigenvalue weighted by molar-refractivity contribution is 0.300. The summed E-state index contributed by atoms with van der Waals surface area (Å²) in [5.41, 5.74) is 0. The van der Waals surface area contributed by atoms with Gasteiger partial charge in [0.05, 0.1) is 13.2 Å². The van der Waals surface area contributed by atoms with Gasteiger partial charge in [-0.3, -0.25) is 0 Å². The number of aliphatic hydroxyl groups is 1. The SMILES string of the molecule is CCCOc1cccnc1N(C)CCO. The van der Waals surface area contributed by atoms with Gasteiger partial charge in [0.2, 0.25) is 0 Å². The minimum Gasteiger partial charge on any atom is -0.490 e. The van der Waals surface area contributed by atoms with Crippen molar-refractivity contribution in [1.82, 2.24) is 4.98 Å². The average molecular weight is 210 g/mol. The van der Waals surface area contributed by atoms with Crippen molar-refractivity contribution in [2.45, 2.75) is 13.3 Å². The van der Waals surface area contributed by atoms with Crippen molar-refractivity contribution in [2.24, 2.45) is 0 Å². The van der Waals surface area contributed by atoms with Crippen LogP contribution in [0.5, 0.6) is 5.75 Å². The van der Waals surface area contributed by atoms with Gasteiger partial charge in [-0.25, -0.2) is 4.98 Å². The monoisotopic (exact) mass is 210 g/mol. The number of hydrogen-bond donors (Lipinski definition) is 1. The molecular formula is C11H18N2O2. The molecule has 0 aliphatic carbocycles.